The molecular formula is C36H71O10P. The van der Waals surface area contributed by atoms with Crippen molar-refractivity contribution in [1.29, 1.82) is 0 Å². The van der Waals surface area contributed by atoms with E-state index in [0.717, 1.165) is 38.5 Å². The highest BCUT2D eigenvalue weighted by atomic mass is 31.2. The average molecular weight is 695 g/mol. The van der Waals surface area contributed by atoms with Crippen molar-refractivity contribution in [3.8, 4) is 0 Å². The van der Waals surface area contributed by atoms with E-state index in [1.807, 2.05) is 0 Å². The van der Waals surface area contributed by atoms with E-state index in [4.69, 9.17) is 19.1 Å². The van der Waals surface area contributed by atoms with Gasteiger partial charge in [0.2, 0.25) is 0 Å². The molecule has 3 atom stereocenters. The molecule has 0 spiro atoms. The van der Waals surface area contributed by atoms with Crippen LogP contribution in [-0.2, 0) is 32.7 Å². The van der Waals surface area contributed by atoms with Gasteiger partial charge in [0.05, 0.1) is 19.8 Å². The van der Waals surface area contributed by atoms with Crippen LogP contribution in [0.2, 0.25) is 0 Å². The molecule has 280 valence electrons. The first-order valence-electron chi connectivity index (χ1n) is 19.0. The Morgan fingerprint density at radius 1 is 0.553 bits per heavy atom. The minimum atomic E-state index is -4.59. The molecule has 0 aliphatic heterocycles. The van der Waals surface area contributed by atoms with E-state index in [0.29, 0.717) is 12.8 Å². The van der Waals surface area contributed by atoms with Crippen molar-refractivity contribution in [3.63, 3.8) is 0 Å². The van der Waals surface area contributed by atoms with Crippen molar-refractivity contribution >= 4 is 19.8 Å². The zero-order valence-corrected chi connectivity index (χ0v) is 30.9. The van der Waals surface area contributed by atoms with Gasteiger partial charge in [0.1, 0.15) is 12.7 Å². The van der Waals surface area contributed by atoms with Crippen LogP contribution in [0.15, 0.2) is 0 Å². The molecule has 10 nitrogen and oxygen atoms in total. The number of phosphoric acid groups is 1. The Morgan fingerprint density at radius 3 is 1.34 bits per heavy atom. The summed E-state index contributed by atoms with van der Waals surface area (Å²) in [5, 5.41) is 18.2. The molecular weight excluding hydrogens is 623 g/mol. The first kappa shape index (κ1) is 46.0. The van der Waals surface area contributed by atoms with Gasteiger partial charge in [-0.15, -0.1) is 0 Å². The van der Waals surface area contributed by atoms with E-state index >= 15 is 0 Å². The summed E-state index contributed by atoms with van der Waals surface area (Å²) in [4.78, 5) is 34.4. The maximum Gasteiger partial charge on any atom is 0.472 e. The molecule has 0 aliphatic rings. The third-order valence-corrected chi connectivity index (χ3v) is 9.21. The Bertz CT molecular complexity index is 766. The van der Waals surface area contributed by atoms with Gasteiger partial charge < -0.3 is 24.6 Å². The van der Waals surface area contributed by atoms with E-state index in [2.05, 4.69) is 18.4 Å². The molecule has 0 amide bonds. The van der Waals surface area contributed by atoms with Gasteiger partial charge >= 0.3 is 19.8 Å². The second-order valence-corrected chi connectivity index (χ2v) is 14.4. The number of rotatable bonds is 36. The Kier molecular flexibility index (Phi) is 32.7. The number of unbranched alkanes of at least 4 members (excludes halogenated alkanes) is 22. The number of hydrogen-bond acceptors (Lipinski definition) is 9. The average Bonchev–Trinajstić information content (AvgIpc) is 3.06. The van der Waals surface area contributed by atoms with Gasteiger partial charge in [-0.25, -0.2) is 4.57 Å². The van der Waals surface area contributed by atoms with Crippen LogP contribution in [0, 0.1) is 0 Å². The summed E-state index contributed by atoms with van der Waals surface area (Å²) < 4.78 is 32.3. The number of esters is 2. The molecule has 0 rings (SSSR count). The van der Waals surface area contributed by atoms with Gasteiger partial charge in [-0.05, 0) is 12.8 Å². The van der Waals surface area contributed by atoms with E-state index in [-0.39, 0.29) is 19.4 Å². The molecule has 47 heavy (non-hydrogen) atoms. The summed E-state index contributed by atoms with van der Waals surface area (Å²) in [5.41, 5.74) is 0. The molecule has 0 aromatic heterocycles. The Hall–Kier alpha value is -1.03. The molecule has 0 saturated carbocycles. The summed E-state index contributed by atoms with van der Waals surface area (Å²) >= 11 is 0. The minimum Gasteiger partial charge on any atom is -0.462 e. The van der Waals surface area contributed by atoms with Crippen LogP contribution in [-0.4, -0.2) is 65.7 Å². The van der Waals surface area contributed by atoms with Crippen LogP contribution in [0.5, 0.6) is 0 Å². The normalized spacial score (nSPS) is 14.1. The number of ether oxygens (including phenoxy) is 2. The molecule has 0 saturated heterocycles. The van der Waals surface area contributed by atoms with Crippen LogP contribution in [0.4, 0.5) is 0 Å². The highest BCUT2D eigenvalue weighted by molar-refractivity contribution is 7.47. The van der Waals surface area contributed by atoms with Crippen molar-refractivity contribution in [3.05, 3.63) is 0 Å². The molecule has 3 N–H and O–H groups in total. The van der Waals surface area contributed by atoms with Crippen molar-refractivity contribution < 1.29 is 47.8 Å². The van der Waals surface area contributed by atoms with Crippen molar-refractivity contribution in [2.45, 2.75) is 193 Å². The quantitative estimate of drug-likeness (QED) is 0.0329. The van der Waals surface area contributed by atoms with Crippen molar-refractivity contribution in [1.82, 2.24) is 0 Å². The molecule has 0 aromatic carbocycles. The molecule has 0 aromatic rings. The predicted molar refractivity (Wildman–Crippen MR) is 187 cm³/mol. The van der Waals surface area contributed by atoms with Crippen LogP contribution in [0.3, 0.4) is 0 Å². The standard InChI is InChI=1S/C36H71O10P/c1-3-5-7-9-10-11-12-13-14-15-16-17-18-19-20-21-22-23-24-26-28-36(40)46-34(31-43-35(39)27-25-8-6-4-2)32-45-47(41,42)44-30-33(38)29-37/h33-34,37-38H,3-32H2,1-2H3,(H,41,42). The first-order chi connectivity index (χ1) is 22.7. The van der Waals surface area contributed by atoms with Crippen LogP contribution in [0.25, 0.3) is 0 Å². The van der Waals surface area contributed by atoms with Gasteiger partial charge in [-0.2, -0.15) is 0 Å². The molecule has 11 heteroatoms. The lowest BCUT2D eigenvalue weighted by Gasteiger charge is -2.20. The third-order valence-electron chi connectivity index (χ3n) is 8.26. The van der Waals surface area contributed by atoms with Gasteiger partial charge in [0.15, 0.2) is 6.10 Å². The lowest BCUT2D eigenvalue weighted by atomic mass is 10.0. The predicted octanol–water partition coefficient (Wildman–Crippen LogP) is 9.11. The van der Waals surface area contributed by atoms with Gasteiger partial charge in [-0.3, -0.25) is 18.6 Å². The van der Waals surface area contributed by atoms with Crippen LogP contribution < -0.4 is 0 Å². The minimum absolute atomic E-state index is 0.191. The van der Waals surface area contributed by atoms with E-state index in [9.17, 15) is 24.2 Å². The molecule has 0 radical (unpaired) electrons. The number of aliphatic hydroxyl groups excluding tert-OH is 2. The van der Waals surface area contributed by atoms with Crippen molar-refractivity contribution in [2.24, 2.45) is 0 Å². The monoisotopic (exact) mass is 694 g/mol. The second-order valence-electron chi connectivity index (χ2n) is 13.0. The summed E-state index contributed by atoms with van der Waals surface area (Å²) in [6, 6.07) is 0. The van der Waals surface area contributed by atoms with Crippen LogP contribution >= 0.6 is 7.82 Å². The van der Waals surface area contributed by atoms with Gasteiger partial charge in [-0.1, -0.05) is 155 Å². The van der Waals surface area contributed by atoms with E-state index in [1.54, 1.807) is 0 Å². The number of carbonyl (C=O) groups excluding carboxylic acids is 2. The SMILES string of the molecule is CCCCCCCCCCCCCCCCCCCCCCC(=O)OC(COC(=O)CCCCCC)COP(=O)(O)OCC(O)CO. The second kappa shape index (κ2) is 33.5. The largest absolute Gasteiger partial charge is 0.472 e. The van der Waals surface area contributed by atoms with E-state index in [1.165, 1.54) is 103 Å². The Morgan fingerprint density at radius 2 is 0.915 bits per heavy atom. The number of carbonyl (C=O) groups is 2. The number of aliphatic hydroxyl groups is 2. The van der Waals surface area contributed by atoms with Crippen LogP contribution in [0.1, 0.15) is 181 Å². The highest BCUT2D eigenvalue weighted by Gasteiger charge is 2.27. The zero-order chi connectivity index (χ0) is 34.9. The van der Waals surface area contributed by atoms with Crippen molar-refractivity contribution in [2.75, 3.05) is 26.4 Å². The fourth-order valence-corrected chi connectivity index (χ4v) is 6.08. The smallest absolute Gasteiger partial charge is 0.462 e. The van der Waals surface area contributed by atoms with Gasteiger partial charge in [0, 0.05) is 12.8 Å². The molecule has 0 heterocycles. The molecule has 0 bridgehead atoms. The lowest BCUT2D eigenvalue weighted by molar-refractivity contribution is -0.161. The molecule has 0 fully saturated rings. The Balaban J connectivity index is 4.05. The van der Waals surface area contributed by atoms with Gasteiger partial charge in [0.25, 0.3) is 0 Å². The summed E-state index contributed by atoms with van der Waals surface area (Å²) in [7, 11) is -4.59. The van der Waals surface area contributed by atoms with E-state index < -0.39 is 51.8 Å². The zero-order valence-electron chi connectivity index (χ0n) is 30.0. The fraction of sp³-hybridized carbons (Fsp3) is 0.944. The summed E-state index contributed by atoms with van der Waals surface area (Å²) in [6.45, 7) is 2.25. The highest BCUT2D eigenvalue weighted by Crippen LogP contribution is 2.43. The number of phosphoric ester groups is 1. The Labute approximate surface area is 286 Å². The maximum absolute atomic E-state index is 12.5. The topological polar surface area (TPSA) is 149 Å². The lowest BCUT2D eigenvalue weighted by Crippen LogP contribution is -2.29. The third kappa shape index (κ3) is 33.3. The number of hydrogen-bond donors (Lipinski definition) is 3. The summed E-state index contributed by atoms with van der Waals surface area (Å²) in [5.74, 6) is -0.935. The molecule has 0 aliphatic carbocycles. The first-order valence-corrected chi connectivity index (χ1v) is 20.5. The molecule has 3 unspecified atom stereocenters. The summed E-state index contributed by atoms with van der Waals surface area (Å²) in [6.07, 6.45) is 27.2. The maximum atomic E-state index is 12.5. The fourth-order valence-electron chi connectivity index (χ4n) is 5.29.